The summed E-state index contributed by atoms with van der Waals surface area (Å²) in [5, 5.41) is 0.684. The van der Waals surface area contributed by atoms with Gasteiger partial charge in [-0.3, -0.25) is 4.79 Å². The van der Waals surface area contributed by atoms with E-state index in [1.54, 1.807) is 11.9 Å². The van der Waals surface area contributed by atoms with Crippen molar-refractivity contribution in [1.29, 1.82) is 0 Å². The van der Waals surface area contributed by atoms with Crippen LogP contribution in [-0.2, 0) is 4.79 Å². The Morgan fingerprint density at radius 3 is 2.71 bits per heavy atom. The number of hydrogen-bond donors (Lipinski definition) is 1. The Bertz CT molecular complexity index is 371. The standard InChI is InChI=1S/C12H17ClN2O.ClH/c1-9(15(2)12(16)6-7-14)10-4-3-5-11(13)8-10;/h3-5,8-9H,6-7,14H2,1-2H3;1H. The van der Waals surface area contributed by atoms with Crippen molar-refractivity contribution in [2.24, 2.45) is 5.73 Å². The maximum Gasteiger partial charge on any atom is 0.224 e. The average Bonchev–Trinajstić information content (AvgIpc) is 2.27. The first kappa shape index (κ1) is 16.2. The molecule has 0 bridgehead atoms. The van der Waals surface area contributed by atoms with Crippen LogP contribution in [0.1, 0.15) is 24.9 Å². The van der Waals surface area contributed by atoms with Crippen molar-refractivity contribution in [2.75, 3.05) is 13.6 Å². The molecule has 0 radical (unpaired) electrons. The van der Waals surface area contributed by atoms with Gasteiger partial charge in [0.25, 0.3) is 0 Å². The van der Waals surface area contributed by atoms with Crippen LogP contribution < -0.4 is 5.73 Å². The van der Waals surface area contributed by atoms with Gasteiger partial charge in [0.2, 0.25) is 5.91 Å². The number of carbonyl (C=O) groups excluding carboxylic acids is 1. The summed E-state index contributed by atoms with van der Waals surface area (Å²) in [6, 6.07) is 7.55. The zero-order valence-corrected chi connectivity index (χ0v) is 11.6. The zero-order chi connectivity index (χ0) is 12.1. The predicted octanol–water partition coefficient (Wildman–Crippen LogP) is 2.63. The summed E-state index contributed by atoms with van der Waals surface area (Å²) in [5.74, 6) is 0.0509. The molecule has 5 heteroatoms. The number of amides is 1. The Morgan fingerprint density at radius 1 is 1.53 bits per heavy atom. The van der Waals surface area contributed by atoms with Crippen LogP contribution in [0, 0.1) is 0 Å². The molecule has 0 aliphatic carbocycles. The van der Waals surface area contributed by atoms with E-state index in [9.17, 15) is 4.79 Å². The lowest BCUT2D eigenvalue weighted by Crippen LogP contribution is -2.31. The quantitative estimate of drug-likeness (QED) is 0.919. The van der Waals surface area contributed by atoms with Crippen LogP contribution in [0.2, 0.25) is 5.02 Å². The molecule has 0 saturated heterocycles. The molecule has 1 unspecified atom stereocenters. The fourth-order valence-corrected chi connectivity index (χ4v) is 1.70. The summed E-state index contributed by atoms with van der Waals surface area (Å²) in [4.78, 5) is 13.3. The molecule has 0 aliphatic heterocycles. The zero-order valence-electron chi connectivity index (χ0n) is 10.0. The third-order valence-electron chi connectivity index (χ3n) is 2.66. The maximum absolute atomic E-state index is 11.7. The van der Waals surface area contributed by atoms with Crippen molar-refractivity contribution >= 4 is 29.9 Å². The van der Waals surface area contributed by atoms with E-state index in [4.69, 9.17) is 17.3 Å². The Kier molecular flexibility index (Phi) is 7.19. The lowest BCUT2D eigenvalue weighted by molar-refractivity contribution is -0.131. The third-order valence-corrected chi connectivity index (χ3v) is 2.90. The molecular weight excluding hydrogens is 259 g/mol. The summed E-state index contributed by atoms with van der Waals surface area (Å²) in [6.45, 7) is 2.35. The molecule has 17 heavy (non-hydrogen) atoms. The fourth-order valence-electron chi connectivity index (χ4n) is 1.51. The molecule has 2 N–H and O–H groups in total. The van der Waals surface area contributed by atoms with Crippen LogP contribution in [0.3, 0.4) is 0 Å². The molecule has 1 amide bonds. The topological polar surface area (TPSA) is 46.3 Å². The van der Waals surface area contributed by atoms with Crippen molar-refractivity contribution in [3.05, 3.63) is 34.9 Å². The predicted molar refractivity (Wildman–Crippen MR) is 73.6 cm³/mol. The number of rotatable bonds is 4. The van der Waals surface area contributed by atoms with Crippen molar-refractivity contribution in [1.82, 2.24) is 4.90 Å². The maximum atomic E-state index is 11.7. The Hall–Kier alpha value is -0.770. The first-order valence-corrected chi connectivity index (χ1v) is 5.65. The van der Waals surface area contributed by atoms with Crippen molar-refractivity contribution in [3.63, 3.8) is 0 Å². The molecule has 1 aromatic rings. The first-order chi connectivity index (χ1) is 7.56. The smallest absolute Gasteiger partial charge is 0.224 e. The molecule has 1 rings (SSSR count). The molecule has 1 atom stereocenters. The van der Waals surface area contributed by atoms with Crippen molar-refractivity contribution < 1.29 is 4.79 Å². The molecule has 0 spiro atoms. The average molecular weight is 277 g/mol. The number of nitrogens with zero attached hydrogens (tertiary/aromatic N) is 1. The monoisotopic (exact) mass is 276 g/mol. The van der Waals surface area contributed by atoms with Crippen LogP contribution in [0.5, 0.6) is 0 Å². The third kappa shape index (κ3) is 4.54. The highest BCUT2D eigenvalue weighted by atomic mass is 35.5. The lowest BCUT2D eigenvalue weighted by atomic mass is 10.1. The minimum absolute atomic E-state index is 0. The number of benzene rings is 1. The van der Waals surface area contributed by atoms with E-state index >= 15 is 0 Å². The van der Waals surface area contributed by atoms with Gasteiger partial charge < -0.3 is 10.6 Å². The molecule has 96 valence electrons. The van der Waals surface area contributed by atoms with E-state index in [-0.39, 0.29) is 24.4 Å². The number of nitrogens with two attached hydrogens (primary N) is 1. The first-order valence-electron chi connectivity index (χ1n) is 5.27. The highest BCUT2D eigenvalue weighted by Gasteiger charge is 2.16. The second-order valence-electron chi connectivity index (χ2n) is 3.77. The van der Waals surface area contributed by atoms with E-state index < -0.39 is 0 Å². The van der Waals surface area contributed by atoms with E-state index in [2.05, 4.69) is 0 Å². The molecule has 1 aromatic carbocycles. The summed E-state index contributed by atoms with van der Waals surface area (Å²) in [6.07, 6.45) is 0.376. The van der Waals surface area contributed by atoms with Gasteiger partial charge in [-0.1, -0.05) is 23.7 Å². The fraction of sp³-hybridized carbons (Fsp3) is 0.417. The second kappa shape index (κ2) is 7.54. The molecule has 0 fully saturated rings. The summed E-state index contributed by atoms with van der Waals surface area (Å²) in [5.41, 5.74) is 6.39. The van der Waals surface area contributed by atoms with Crippen LogP contribution in [0.4, 0.5) is 0 Å². The van der Waals surface area contributed by atoms with Gasteiger partial charge in [-0.05, 0) is 24.6 Å². The summed E-state index contributed by atoms with van der Waals surface area (Å²) in [7, 11) is 1.78. The normalized spacial score (nSPS) is 11.5. The number of hydrogen-bond acceptors (Lipinski definition) is 2. The van der Waals surface area contributed by atoms with Gasteiger partial charge in [0.1, 0.15) is 0 Å². The highest BCUT2D eigenvalue weighted by molar-refractivity contribution is 6.30. The SMILES string of the molecule is CC(c1cccc(Cl)c1)N(C)C(=O)CCN.Cl. The van der Waals surface area contributed by atoms with Gasteiger partial charge in [-0.2, -0.15) is 0 Å². The van der Waals surface area contributed by atoms with E-state index in [0.717, 1.165) is 5.56 Å². The van der Waals surface area contributed by atoms with Gasteiger partial charge in [0.15, 0.2) is 0 Å². The molecule has 0 aromatic heterocycles. The molecule has 3 nitrogen and oxygen atoms in total. The van der Waals surface area contributed by atoms with Crippen molar-refractivity contribution in [3.8, 4) is 0 Å². The molecule has 0 aliphatic rings. The summed E-state index contributed by atoms with van der Waals surface area (Å²) >= 11 is 5.91. The molecular formula is C12H18Cl2N2O. The van der Waals surface area contributed by atoms with Gasteiger partial charge in [0.05, 0.1) is 6.04 Å². The Labute approximate surface area is 113 Å². The van der Waals surface area contributed by atoms with Gasteiger partial charge >= 0.3 is 0 Å². The van der Waals surface area contributed by atoms with E-state index in [1.807, 2.05) is 31.2 Å². The lowest BCUT2D eigenvalue weighted by Gasteiger charge is -2.25. The van der Waals surface area contributed by atoms with Crippen LogP contribution in [-0.4, -0.2) is 24.4 Å². The number of carbonyl (C=O) groups is 1. The van der Waals surface area contributed by atoms with E-state index in [0.29, 0.717) is 18.0 Å². The van der Waals surface area contributed by atoms with Crippen molar-refractivity contribution in [2.45, 2.75) is 19.4 Å². The summed E-state index contributed by atoms with van der Waals surface area (Å²) < 4.78 is 0. The van der Waals surface area contributed by atoms with Crippen LogP contribution >= 0.6 is 24.0 Å². The molecule has 0 heterocycles. The van der Waals surface area contributed by atoms with Gasteiger partial charge in [-0.15, -0.1) is 12.4 Å². The Morgan fingerprint density at radius 2 is 2.18 bits per heavy atom. The van der Waals surface area contributed by atoms with E-state index in [1.165, 1.54) is 0 Å². The minimum atomic E-state index is 0. The Balaban J connectivity index is 0.00000256. The van der Waals surface area contributed by atoms with Gasteiger partial charge in [-0.25, -0.2) is 0 Å². The minimum Gasteiger partial charge on any atom is -0.339 e. The number of halogens is 2. The van der Waals surface area contributed by atoms with Gasteiger partial charge in [0, 0.05) is 25.0 Å². The highest BCUT2D eigenvalue weighted by Crippen LogP contribution is 2.22. The largest absolute Gasteiger partial charge is 0.339 e. The molecule has 0 saturated carbocycles. The van der Waals surface area contributed by atoms with Crippen LogP contribution in [0.25, 0.3) is 0 Å². The van der Waals surface area contributed by atoms with Crippen LogP contribution in [0.15, 0.2) is 24.3 Å². The second-order valence-corrected chi connectivity index (χ2v) is 4.21.